The summed E-state index contributed by atoms with van der Waals surface area (Å²) in [7, 11) is 3.01. The van der Waals surface area contributed by atoms with Crippen LogP contribution in [-0.2, 0) is 9.59 Å². The summed E-state index contributed by atoms with van der Waals surface area (Å²) in [5.74, 6) is -0.941. The molecule has 1 fully saturated rings. The summed E-state index contributed by atoms with van der Waals surface area (Å²) in [5.41, 5.74) is 0.885. The van der Waals surface area contributed by atoms with Crippen LogP contribution < -0.4 is 14.4 Å². The summed E-state index contributed by atoms with van der Waals surface area (Å²) in [6.45, 7) is 0. The van der Waals surface area contributed by atoms with Crippen molar-refractivity contribution in [1.29, 1.82) is 0 Å². The van der Waals surface area contributed by atoms with Crippen molar-refractivity contribution < 1.29 is 29.1 Å². The van der Waals surface area contributed by atoms with Crippen molar-refractivity contribution in [3.05, 3.63) is 99.6 Å². The number of rotatable bonds is 6. The molecule has 3 aromatic carbocycles. The number of ketones is 1. The molecule has 0 saturated carbocycles. The number of carbonyl (C=O) groups excluding carboxylic acids is 2. The van der Waals surface area contributed by atoms with E-state index in [1.54, 1.807) is 48.5 Å². The number of hydrogen-bond acceptors (Lipinski definition) is 7. The van der Waals surface area contributed by atoms with E-state index in [4.69, 9.17) is 9.47 Å². The molecule has 1 atom stereocenters. The molecule has 3 aromatic rings. The van der Waals surface area contributed by atoms with E-state index in [9.17, 15) is 24.8 Å². The number of carbonyl (C=O) groups is 2. The molecule has 1 aliphatic rings. The average Bonchev–Trinajstić information content (AvgIpc) is 3.14. The Morgan fingerprint density at radius 1 is 0.882 bits per heavy atom. The summed E-state index contributed by atoms with van der Waals surface area (Å²) >= 11 is 0. The summed E-state index contributed by atoms with van der Waals surface area (Å²) in [5, 5.41) is 22.2. The van der Waals surface area contributed by atoms with Gasteiger partial charge < -0.3 is 14.6 Å². The van der Waals surface area contributed by atoms with Gasteiger partial charge in [-0.05, 0) is 66.2 Å². The van der Waals surface area contributed by atoms with Crippen LogP contribution in [0.25, 0.3) is 5.76 Å². The molecule has 1 saturated heterocycles. The lowest BCUT2D eigenvalue weighted by Crippen LogP contribution is -2.29. The molecule has 1 amide bonds. The van der Waals surface area contributed by atoms with E-state index in [1.807, 2.05) is 0 Å². The van der Waals surface area contributed by atoms with Gasteiger partial charge in [0, 0.05) is 23.4 Å². The second-order valence-corrected chi connectivity index (χ2v) is 7.44. The van der Waals surface area contributed by atoms with Gasteiger partial charge in [-0.2, -0.15) is 0 Å². The predicted octanol–water partition coefficient (Wildman–Crippen LogP) is 4.24. The van der Waals surface area contributed by atoms with Crippen LogP contribution in [0.1, 0.15) is 17.2 Å². The molecule has 1 aliphatic heterocycles. The number of nitro benzene ring substituents is 1. The number of nitrogens with zero attached hydrogens (tertiary/aromatic N) is 2. The van der Waals surface area contributed by atoms with Crippen LogP contribution in [0.3, 0.4) is 0 Å². The van der Waals surface area contributed by atoms with E-state index < -0.39 is 22.7 Å². The van der Waals surface area contributed by atoms with E-state index in [0.29, 0.717) is 28.3 Å². The van der Waals surface area contributed by atoms with Crippen molar-refractivity contribution >= 4 is 28.8 Å². The number of anilines is 1. The number of Topliss-reactive ketones (excluding diaryl/α,β-unsaturated/α-hetero) is 1. The Balaban J connectivity index is 1.89. The molecular formula is C25H20N2O7. The maximum Gasteiger partial charge on any atom is 0.300 e. The van der Waals surface area contributed by atoms with Crippen molar-refractivity contribution in [3.63, 3.8) is 0 Å². The largest absolute Gasteiger partial charge is 0.507 e. The van der Waals surface area contributed by atoms with E-state index in [-0.39, 0.29) is 17.0 Å². The van der Waals surface area contributed by atoms with Crippen LogP contribution in [0.5, 0.6) is 11.5 Å². The van der Waals surface area contributed by atoms with Crippen LogP contribution >= 0.6 is 0 Å². The molecule has 0 spiro atoms. The Morgan fingerprint density at radius 3 is 1.91 bits per heavy atom. The number of hydrogen-bond donors (Lipinski definition) is 1. The van der Waals surface area contributed by atoms with E-state index in [1.165, 1.54) is 43.4 Å². The molecule has 172 valence electrons. The number of aliphatic hydroxyl groups excluding tert-OH is 1. The zero-order valence-corrected chi connectivity index (χ0v) is 18.3. The predicted molar refractivity (Wildman–Crippen MR) is 124 cm³/mol. The van der Waals surface area contributed by atoms with E-state index in [2.05, 4.69) is 0 Å². The Labute approximate surface area is 194 Å². The first kappa shape index (κ1) is 22.5. The fraction of sp³-hybridized carbons (Fsp3) is 0.120. The molecule has 0 aromatic heterocycles. The summed E-state index contributed by atoms with van der Waals surface area (Å²) < 4.78 is 10.3. The van der Waals surface area contributed by atoms with Crippen LogP contribution in [0.15, 0.2) is 78.4 Å². The fourth-order valence-electron chi connectivity index (χ4n) is 3.84. The maximum absolute atomic E-state index is 13.1. The second kappa shape index (κ2) is 9.07. The highest BCUT2D eigenvalue weighted by Gasteiger charge is 2.47. The number of nitro groups is 1. The number of non-ortho nitro benzene ring substituents is 1. The molecule has 1 heterocycles. The third kappa shape index (κ3) is 3.95. The lowest BCUT2D eigenvalue weighted by Gasteiger charge is -2.25. The molecule has 0 aliphatic carbocycles. The molecule has 34 heavy (non-hydrogen) atoms. The zero-order chi connectivity index (χ0) is 24.4. The smallest absolute Gasteiger partial charge is 0.300 e. The first-order valence-corrected chi connectivity index (χ1v) is 10.2. The van der Waals surface area contributed by atoms with Gasteiger partial charge in [0.2, 0.25) is 0 Å². The first-order chi connectivity index (χ1) is 16.3. The van der Waals surface area contributed by atoms with Crippen molar-refractivity contribution in [2.45, 2.75) is 6.04 Å². The third-order valence-corrected chi connectivity index (χ3v) is 5.58. The quantitative estimate of drug-likeness (QED) is 0.192. The Morgan fingerprint density at radius 2 is 1.41 bits per heavy atom. The average molecular weight is 460 g/mol. The van der Waals surface area contributed by atoms with Gasteiger partial charge in [0.15, 0.2) is 0 Å². The molecule has 9 heteroatoms. The minimum Gasteiger partial charge on any atom is -0.507 e. The Hall–Kier alpha value is -4.66. The van der Waals surface area contributed by atoms with Crippen molar-refractivity contribution in [3.8, 4) is 11.5 Å². The van der Waals surface area contributed by atoms with Gasteiger partial charge in [0.05, 0.1) is 30.8 Å². The van der Waals surface area contributed by atoms with Crippen molar-refractivity contribution in [2.24, 2.45) is 0 Å². The first-order valence-electron chi connectivity index (χ1n) is 10.2. The molecular weight excluding hydrogens is 440 g/mol. The minimum atomic E-state index is -1.00. The van der Waals surface area contributed by atoms with Crippen LogP contribution in [0, 0.1) is 10.1 Å². The number of methoxy groups -OCH3 is 2. The topological polar surface area (TPSA) is 119 Å². The van der Waals surface area contributed by atoms with Gasteiger partial charge >= 0.3 is 0 Å². The van der Waals surface area contributed by atoms with Gasteiger partial charge in [-0.3, -0.25) is 24.6 Å². The number of benzene rings is 3. The lowest BCUT2D eigenvalue weighted by molar-refractivity contribution is -0.384. The van der Waals surface area contributed by atoms with Crippen LogP contribution in [0.2, 0.25) is 0 Å². The summed E-state index contributed by atoms with van der Waals surface area (Å²) in [6.07, 6.45) is 0. The zero-order valence-electron chi connectivity index (χ0n) is 18.3. The molecule has 9 nitrogen and oxygen atoms in total. The summed E-state index contributed by atoms with van der Waals surface area (Å²) in [4.78, 5) is 38.1. The highest BCUT2D eigenvalue weighted by Crippen LogP contribution is 2.42. The number of amides is 1. The van der Waals surface area contributed by atoms with Crippen molar-refractivity contribution in [2.75, 3.05) is 19.1 Å². The normalized spacial score (nSPS) is 17.0. The Bertz CT molecular complexity index is 1280. The summed E-state index contributed by atoms with van der Waals surface area (Å²) in [6, 6.07) is 17.4. The number of ether oxygens (including phenoxy) is 2. The van der Waals surface area contributed by atoms with Crippen LogP contribution in [-0.4, -0.2) is 35.9 Å². The van der Waals surface area contributed by atoms with Gasteiger partial charge in [0.25, 0.3) is 17.4 Å². The van der Waals surface area contributed by atoms with E-state index in [0.717, 1.165) is 0 Å². The Kier molecular flexibility index (Phi) is 6.01. The van der Waals surface area contributed by atoms with Gasteiger partial charge in [-0.25, -0.2) is 0 Å². The van der Waals surface area contributed by atoms with Crippen LogP contribution in [0.4, 0.5) is 11.4 Å². The lowest BCUT2D eigenvalue weighted by atomic mass is 9.95. The molecule has 0 unspecified atom stereocenters. The van der Waals surface area contributed by atoms with Gasteiger partial charge in [-0.1, -0.05) is 0 Å². The molecule has 4 rings (SSSR count). The second-order valence-electron chi connectivity index (χ2n) is 7.44. The monoisotopic (exact) mass is 460 g/mol. The molecule has 1 N–H and O–H groups in total. The van der Waals surface area contributed by atoms with E-state index >= 15 is 0 Å². The SMILES string of the molecule is COc1ccc(C(O)=C2C(=O)C(=O)N(c3ccc(OC)cc3)[C@H]2c2ccc([N+](=O)[O-])cc2)cc1. The molecule has 0 radical (unpaired) electrons. The highest BCUT2D eigenvalue weighted by atomic mass is 16.6. The highest BCUT2D eigenvalue weighted by molar-refractivity contribution is 6.51. The molecule has 0 bridgehead atoms. The van der Waals surface area contributed by atoms with Crippen molar-refractivity contribution in [1.82, 2.24) is 0 Å². The maximum atomic E-state index is 13.1. The standard InChI is InChI=1S/C25H20N2O7/c1-33-19-11-5-16(6-12-19)23(28)21-22(15-3-7-18(8-4-15)27(31)32)26(25(30)24(21)29)17-9-13-20(34-2)14-10-17/h3-14,22,28H,1-2H3/t22-/m0/s1. The van der Waals surface area contributed by atoms with Gasteiger partial charge in [-0.15, -0.1) is 0 Å². The number of aliphatic hydroxyl groups is 1. The third-order valence-electron chi connectivity index (χ3n) is 5.58. The fourth-order valence-corrected chi connectivity index (χ4v) is 3.84. The van der Waals surface area contributed by atoms with Gasteiger partial charge in [0.1, 0.15) is 17.3 Å². The minimum absolute atomic E-state index is 0.125.